The van der Waals surface area contributed by atoms with Gasteiger partial charge >= 0.3 is 0 Å². The van der Waals surface area contributed by atoms with Gasteiger partial charge in [-0.05, 0) is 26.0 Å². The predicted octanol–water partition coefficient (Wildman–Crippen LogP) is 1.48. The summed E-state index contributed by atoms with van der Waals surface area (Å²) in [6, 6.07) is 8.82. The second-order valence-corrected chi connectivity index (χ2v) is 6.44. The van der Waals surface area contributed by atoms with Crippen molar-refractivity contribution in [2.75, 3.05) is 13.1 Å². The maximum absolute atomic E-state index is 12.4. The molecular formula is C12H19ClN2O2S. The van der Waals surface area contributed by atoms with Gasteiger partial charge < -0.3 is 5.32 Å². The first-order chi connectivity index (χ1) is 8.01. The van der Waals surface area contributed by atoms with Gasteiger partial charge in [-0.3, -0.25) is 0 Å². The van der Waals surface area contributed by atoms with Crippen molar-refractivity contribution in [1.82, 2.24) is 9.62 Å². The minimum atomic E-state index is -3.35. The van der Waals surface area contributed by atoms with Crippen molar-refractivity contribution >= 4 is 22.4 Å². The second kappa shape index (κ2) is 6.02. The molecule has 102 valence electrons. The Morgan fingerprint density at radius 1 is 1.22 bits per heavy atom. The fraction of sp³-hybridized carbons (Fsp3) is 0.500. The average molecular weight is 291 g/mol. The Kier molecular flexibility index (Phi) is 5.16. The highest BCUT2D eigenvalue weighted by Gasteiger charge is 2.32. The van der Waals surface area contributed by atoms with Gasteiger partial charge in [-0.1, -0.05) is 18.2 Å². The molecule has 2 unspecified atom stereocenters. The monoisotopic (exact) mass is 290 g/mol. The zero-order valence-corrected chi connectivity index (χ0v) is 12.2. The van der Waals surface area contributed by atoms with E-state index in [0.29, 0.717) is 18.0 Å². The summed E-state index contributed by atoms with van der Waals surface area (Å²) in [7, 11) is -3.35. The average Bonchev–Trinajstić information content (AvgIpc) is 2.33. The van der Waals surface area contributed by atoms with Crippen LogP contribution in [-0.4, -0.2) is 37.9 Å². The molecule has 1 aliphatic rings. The number of benzene rings is 1. The van der Waals surface area contributed by atoms with Gasteiger partial charge in [0.25, 0.3) is 0 Å². The Morgan fingerprint density at radius 2 is 1.83 bits per heavy atom. The van der Waals surface area contributed by atoms with Gasteiger partial charge in [0.15, 0.2) is 0 Å². The molecule has 18 heavy (non-hydrogen) atoms. The SMILES string of the molecule is CC1CN(S(=O)(=O)c2ccccc2)C(C)CN1.Cl. The second-order valence-electron chi connectivity index (χ2n) is 4.55. The summed E-state index contributed by atoms with van der Waals surface area (Å²) in [6.07, 6.45) is 0. The van der Waals surface area contributed by atoms with Gasteiger partial charge in [0, 0.05) is 25.2 Å². The Hall–Kier alpha value is -0.620. The molecule has 2 atom stereocenters. The maximum Gasteiger partial charge on any atom is 0.243 e. The summed E-state index contributed by atoms with van der Waals surface area (Å²) < 4.78 is 26.5. The predicted molar refractivity (Wildman–Crippen MR) is 74.5 cm³/mol. The Morgan fingerprint density at radius 3 is 2.44 bits per heavy atom. The van der Waals surface area contributed by atoms with E-state index in [1.54, 1.807) is 28.6 Å². The first-order valence-corrected chi connectivity index (χ1v) is 7.26. The van der Waals surface area contributed by atoms with Crippen LogP contribution in [0.5, 0.6) is 0 Å². The van der Waals surface area contributed by atoms with Crippen LogP contribution >= 0.6 is 12.4 Å². The third-order valence-electron chi connectivity index (χ3n) is 3.06. The third-order valence-corrected chi connectivity index (χ3v) is 5.05. The zero-order valence-electron chi connectivity index (χ0n) is 10.5. The molecule has 1 fully saturated rings. The number of piperazine rings is 1. The number of nitrogens with one attached hydrogen (secondary N) is 1. The number of hydrogen-bond donors (Lipinski definition) is 1. The lowest BCUT2D eigenvalue weighted by Crippen LogP contribution is -2.56. The molecule has 0 saturated carbocycles. The summed E-state index contributed by atoms with van der Waals surface area (Å²) >= 11 is 0. The molecule has 0 aromatic heterocycles. The smallest absolute Gasteiger partial charge is 0.243 e. The van der Waals surface area contributed by atoms with E-state index in [0.717, 1.165) is 0 Å². The van der Waals surface area contributed by atoms with Crippen LogP contribution in [0.4, 0.5) is 0 Å². The number of nitrogens with zero attached hydrogens (tertiary/aromatic N) is 1. The molecule has 1 saturated heterocycles. The van der Waals surface area contributed by atoms with Crippen molar-refractivity contribution in [3.63, 3.8) is 0 Å². The molecule has 6 heteroatoms. The van der Waals surface area contributed by atoms with Crippen LogP contribution in [0.1, 0.15) is 13.8 Å². The van der Waals surface area contributed by atoms with E-state index in [-0.39, 0.29) is 24.5 Å². The Balaban J connectivity index is 0.00000162. The van der Waals surface area contributed by atoms with Crippen LogP contribution in [0.15, 0.2) is 35.2 Å². The van der Waals surface area contributed by atoms with Gasteiger partial charge in [0.1, 0.15) is 0 Å². The molecule has 0 bridgehead atoms. The molecule has 0 radical (unpaired) electrons. The van der Waals surface area contributed by atoms with Crippen LogP contribution in [0, 0.1) is 0 Å². The summed E-state index contributed by atoms with van der Waals surface area (Å²) in [5, 5.41) is 3.28. The van der Waals surface area contributed by atoms with Crippen molar-refractivity contribution in [3.8, 4) is 0 Å². The van der Waals surface area contributed by atoms with Gasteiger partial charge in [0.05, 0.1) is 4.90 Å². The highest BCUT2D eigenvalue weighted by Crippen LogP contribution is 2.20. The van der Waals surface area contributed by atoms with Crippen molar-refractivity contribution in [3.05, 3.63) is 30.3 Å². The number of hydrogen-bond acceptors (Lipinski definition) is 3. The zero-order chi connectivity index (χ0) is 12.5. The number of sulfonamides is 1. The molecular weight excluding hydrogens is 272 g/mol. The van der Waals surface area contributed by atoms with E-state index < -0.39 is 10.0 Å². The lowest BCUT2D eigenvalue weighted by atomic mass is 10.2. The molecule has 0 aliphatic carbocycles. The lowest BCUT2D eigenvalue weighted by Gasteiger charge is -2.36. The third kappa shape index (κ3) is 3.03. The summed E-state index contributed by atoms with van der Waals surface area (Å²) in [6.45, 7) is 5.16. The van der Waals surface area contributed by atoms with E-state index >= 15 is 0 Å². The fourth-order valence-electron chi connectivity index (χ4n) is 2.05. The highest BCUT2D eigenvalue weighted by molar-refractivity contribution is 7.89. The standard InChI is InChI=1S/C12H18N2O2S.ClH/c1-10-9-14(11(2)8-13-10)17(15,16)12-6-4-3-5-7-12;/h3-7,10-11,13H,8-9H2,1-2H3;1H. The molecule has 2 rings (SSSR count). The highest BCUT2D eigenvalue weighted by atomic mass is 35.5. The molecule has 4 nitrogen and oxygen atoms in total. The van der Waals surface area contributed by atoms with E-state index in [4.69, 9.17) is 0 Å². The summed E-state index contributed by atoms with van der Waals surface area (Å²) in [5.74, 6) is 0. The van der Waals surface area contributed by atoms with Crippen molar-refractivity contribution in [2.24, 2.45) is 0 Å². The molecule has 1 aliphatic heterocycles. The van der Waals surface area contributed by atoms with Crippen LogP contribution in [-0.2, 0) is 10.0 Å². The lowest BCUT2D eigenvalue weighted by molar-refractivity contribution is 0.244. The first kappa shape index (κ1) is 15.4. The minimum Gasteiger partial charge on any atom is -0.311 e. The van der Waals surface area contributed by atoms with Crippen LogP contribution < -0.4 is 5.32 Å². The van der Waals surface area contributed by atoms with Gasteiger partial charge in [-0.15, -0.1) is 12.4 Å². The molecule has 1 N–H and O–H groups in total. The fourth-order valence-corrected chi connectivity index (χ4v) is 3.79. The number of halogens is 1. The van der Waals surface area contributed by atoms with Gasteiger partial charge in [-0.25, -0.2) is 8.42 Å². The van der Waals surface area contributed by atoms with Crippen LogP contribution in [0.2, 0.25) is 0 Å². The molecule has 1 aromatic carbocycles. The normalized spacial score (nSPS) is 25.4. The molecule has 1 heterocycles. The molecule has 0 amide bonds. The first-order valence-electron chi connectivity index (χ1n) is 5.82. The van der Waals surface area contributed by atoms with Crippen LogP contribution in [0.3, 0.4) is 0 Å². The van der Waals surface area contributed by atoms with E-state index in [2.05, 4.69) is 5.32 Å². The van der Waals surface area contributed by atoms with Crippen molar-refractivity contribution in [2.45, 2.75) is 30.8 Å². The largest absolute Gasteiger partial charge is 0.311 e. The quantitative estimate of drug-likeness (QED) is 0.897. The Bertz CT molecular complexity index is 478. The van der Waals surface area contributed by atoms with Crippen molar-refractivity contribution < 1.29 is 8.42 Å². The van der Waals surface area contributed by atoms with E-state index in [1.165, 1.54) is 0 Å². The van der Waals surface area contributed by atoms with Gasteiger partial charge in [-0.2, -0.15) is 4.31 Å². The number of rotatable bonds is 2. The minimum absolute atomic E-state index is 0. The van der Waals surface area contributed by atoms with Crippen molar-refractivity contribution in [1.29, 1.82) is 0 Å². The van der Waals surface area contributed by atoms with Crippen LogP contribution in [0.25, 0.3) is 0 Å². The summed E-state index contributed by atoms with van der Waals surface area (Å²) in [4.78, 5) is 0.376. The van der Waals surface area contributed by atoms with E-state index in [9.17, 15) is 8.42 Å². The maximum atomic E-state index is 12.4. The molecule has 0 spiro atoms. The Labute approximate surface area is 115 Å². The summed E-state index contributed by atoms with van der Waals surface area (Å²) in [5.41, 5.74) is 0. The molecule has 1 aromatic rings. The topological polar surface area (TPSA) is 49.4 Å². The van der Waals surface area contributed by atoms with Gasteiger partial charge in [0.2, 0.25) is 10.0 Å². The van der Waals surface area contributed by atoms with E-state index in [1.807, 2.05) is 19.9 Å².